The second-order valence-electron chi connectivity index (χ2n) is 7.66. The lowest BCUT2D eigenvalue weighted by atomic mass is 10.0. The molecule has 0 saturated carbocycles. The van der Waals surface area contributed by atoms with Gasteiger partial charge in [-0.3, -0.25) is 0 Å². The van der Waals surface area contributed by atoms with E-state index < -0.39 is 0 Å². The Hall–Kier alpha value is -3.45. The van der Waals surface area contributed by atoms with Gasteiger partial charge in [0.15, 0.2) is 0 Å². The maximum atomic E-state index is 8.91. The lowest BCUT2D eigenvalue weighted by Crippen LogP contribution is -2.11. The quantitative estimate of drug-likeness (QED) is 0.315. The fraction of sp³-hybridized carbons (Fsp3) is 0.296. The third kappa shape index (κ3) is 6.79. The molecular weight excluding hydrogens is 382 g/mol. The molecule has 0 aliphatic heterocycles. The topological polar surface area (TPSA) is 57.7 Å². The van der Waals surface area contributed by atoms with Crippen LogP contribution in [0.1, 0.15) is 45.1 Å². The molecule has 0 aliphatic rings. The molecule has 3 rings (SSSR count). The van der Waals surface area contributed by atoms with E-state index in [2.05, 4.69) is 30.1 Å². The lowest BCUT2D eigenvalue weighted by molar-refractivity contribution is 0.233. The van der Waals surface area contributed by atoms with Gasteiger partial charge in [-0.1, -0.05) is 57.4 Å². The zero-order valence-electron chi connectivity index (χ0n) is 18.3. The minimum atomic E-state index is 0.617. The van der Waals surface area contributed by atoms with E-state index in [0.717, 1.165) is 41.3 Å². The second kappa shape index (κ2) is 11.7. The Labute approximate surface area is 185 Å². The number of unbranched alkanes of at least 4 members (excludes halogenated alkanes) is 1. The normalized spacial score (nSPS) is 11.9. The summed E-state index contributed by atoms with van der Waals surface area (Å²) in [4.78, 5) is 0. The number of rotatable bonds is 10. The average molecular weight is 412 g/mol. The van der Waals surface area contributed by atoms with Crippen molar-refractivity contribution in [2.45, 2.75) is 39.5 Å². The van der Waals surface area contributed by atoms with E-state index in [1.807, 2.05) is 72.8 Å². The van der Waals surface area contributed by atoms with Gasteiger partial charge in [0.25, 0.3) is 0 Å². The standard InChI is InChI=1S/C27H29N3O/c1-3-5-6-21(4-2)20-31-27-17-15-26(16-18-27)30-29-25-13-11-24(12-14-25)23-9-7-22(19-28)8-10-23/h7-18,21H,3-6,20H2,1-2H3. The van der Waals surface area contributed by atoms with Gasteiger partial charge in [-0.25, -0.2) is 0 Å². The van der Waals surface area contributed by atoms with E-state index in [9.17, 15) is 0 Å². The zero-order chi connectivity index (χ0) is 21.9. The number of ether oxygens (including phenoxy) is 1. The maximum absolute atomic E-state index is 8.91. The summed E-state index contributed by atoms with van der Waals surface area (Å²) in [6.07, 6.45) is 4.86. The smallest absolute Gasteiger partial charge is 0.119 e. The fourth-order valence-electron chi connectivity index (χ4n) is 3.29. The molecule has 0 radical (unpaired) electrons. The van der Waals surface area contributed by atoms with E-state index in [0.29, 0.717) is 11.5 Å². The predicted octanol–water partition coefficient (Wildman–Crippen LogP) is 8.24. The molecule has 0 bridgehead atoms. The van der Waals surface area contributed by atoms with Crippen molar-refractivity contribution in [2.24, 2.45) is 16.1 Å². The first-order valence-electron chi connectivity index (χ1n) is 11.0. The minimum absolute atomic E-state index is 0.617. The number of hydrogen-bond acceptors (Lipinski definition) is 4. The first kappa shape index (κ1) is 22.2. The van der Waals surface area contributed by atoms with E-state index in [1.54, 1.807) is 0 Å². The second-order valence-corrected chi connectivity index (χ2v) is 7.66. The lowest BCUT2D eigenvalue weighted by Gasteiger charge is -2.15. The van der Waals surface area contributed by atoms with Crippen molar-refractivity contribution in [3.63, 3.8) is 0 Å². The van der Waals surface area contributed by atoms with Crippen LogP contribution < -0.4 is 4.74 Å². The van der Waals surface area contributed by atoms with Crippen LogP contribution in [-0.2, 0) is 0 Å². The van der Waals surface area contributed by atoms with Crippen molar-refractivity contribution in [1.29, 1.82) is 5.26 Å². The first-order chi connectivity index (χ1) is 15.2. The number of hydrogen-bond donors (Lipinski definition) is 0. The van der Waals surface area contributed by atoms with Crippen LogP contribution >= 0.6 is 0 Å². The van der Waals surface area contributed by atoms with Crippen molar-refractivity contribution in [3.8, 4) is 22.9 Å². The third-order valence-corrected chi connectivity index (χ3v) is 5.36. The van der Waals surface area contributed by atoms with E-state index in [-0.39, 0.29) is 0 Å². The molecule has 0 fully saturated rings. The van der Waals surface area contributed by atoms with Gasteiger partial charge >= 0.3 is 0 Å². The van der Waals surface area contributed by atoms with Crippen molar-refractivity contribution in [2.75, 3.05) is 6.61 Å². The molecule has 0 spiro atoms. The Kier molecular flexibility index (Phi) is 8.37. The first-order valence-corrected chi connectivity index (χ1v) is 11.0. The predicted molar refractivity (Wildman–Crippen MR) is 126 cm³/mol. The van der Waals surface area contributed by atoms with Crippen LogP contribution in [0.25, 0.3) is 11.1 Å². The molecule has 158 valence electrons. The fourth-order valence-corrected chi connectivity index (χ4v) is 3.29. The largest absolute Gasteiger partial charge is 0.493 e. The molecule has 31 heavy (non-hydrogen) atoms. The molecule has 0 aromatic heterocycles. The molecule has 4 nitrogen and oxygen atoms in total. The van der Waals surface area contributed by atoms with E-state index in [4.69, 9.17) is 10.00 Å². The van der Waals surface area contributed by atoms with Gasteiger partial charge in [0.1, 0.15) is 5.75 Å². The maximum Gasteiger partial charge on any atom is 0.119 e. The molecular formula is C27H29N3O. The summed E-state index contributed by atoms with van der Waals surface area (Å²) >= 11 is 0. The molecule has 0 heterocycles. The zero-order valence-corrected chi connectivity index (χ0v) is 18.3. The van der Waals surface area contributed by atoms with Crippen LogP contribution in [0.5, 0.6) is 5.75 Å². The minimum Gasteiger partial charge on any atom is -0.493 e. The summed E-state index contributed by atoms with van der Waals surface area (Å²) in [6, 6.07) is 25.3. The SMILES string of the molecule is CCCCC(CC)COc1ccc(N=Nc2ccc(-c3ccc(C#N)cc3)cc2)cc1. The summed E-state index contributed by atoms with van der Waals surface area (Å²) in [6.45, 7) is 5.22. The van der Waals surface area contributed by atoms with E-state index >= 15 is 0 Å². The van der Waals surface area contributed by atoms with Gasteiger partial charge < -0.3 is 4.74 Å². The molecule has 0 amide bonds. The summed E-state index contributed by atoms with van der Waals surface area (Å²) in [5.74, 6) is 1.49. The molecule has 1 unspecified atom stereocenters. The molecule has 0 N–H and O–H groups in total. The molecule has 0 aliphatic carbocycles. The number of benzene rings is 3. The van der Waals surface area contributed by atoms with Crippen LogP contribution in [-0.4, -0.2) is 6.61 Å². The third-order valence-electron chi connectivity index (χ3n) is 5.36. The summed E-state index contributed by atoms with van der Waals surface area (Å²) in [7, 11) is 0. The van der Waals surface area contributed by atoms with Crippen LogP contribution in [0.2, 0.25) is 0 Å². The highest BCUT2D eigenvalue weighted by atomic mass is 16.5. The Morgan fingerprint density at radius 1 is 0.806 bits per heavy atom. The highest BCUT2D eigenvalue weighted by molar-refractivity contribution is 5.66. The van der Waals surface area contributed by atoms with Gasteiger partial charge in [-0.15, -0.1) is 0 Å². The van der Waals surface area contributed by atoms with Gasteiger partial charge in [0, 0.05) is 0 Å². The highest BCUT2D eigenvalue weighted by Crippen LogP contribution is 2.25. The van der Waals surface area contributed by atoms with Crippen LogP contribution in [0.3, 0.4) is 0 Å². The number of nitriles is 1. The Morgan fingerprint density at radius 3 is 1.87 bits per heavy atom. The molecule has 0 saturated heterocycles. The molecule has 3 aromatic carbocycles. The van der Waals surface area contributed by atoms with Crippen molar-refractivity contribution < 1.29 is 4.74 Å². The van der Waals surface area contributed by atoms with E-state index in [1.165, 1.54) is 19.3 Å². The van der Waals surface area contributed by atoms with Crippen molar-refractivity contribution in [1.82, 2.24) is 0 Å². The summed E-state index contributed by atoms with van der Waals surface area (Å²) in [5, 5.41) is 17.6. The molecule has 1 atom stereocenters. The van der Waals surface area contributed by atoms with Gasteiger partial charge in [-0.2, -0.15) is 15.5 Å². The Morgan fingerprint density at radius 2 is 1.35 bits per heavy atom. The molecule has 4 heteroatoms. The molecule has 3 aromatic rings. The summed E-state index contributed by atoms with van der Waals surface area (Å²) < 4.78 is 5.95. The number of nitrogens with zero attached hydrogens (tertiary/aromatic N) is 3. The Balaban J connectivity index is 1.55. The van der Waals surface area contributed by atoms with Gasteiger partial charge in [0.2, 0.25) is 0 Å². The Bertz CT molecular complexity index is 1000. The monoisotopic (exact) mass is 411 g/mol. The van der Waals surface area contributed by atoms with Crippen LogP contribution in [0.4, 0.5) is 11.4 Å². The summed E-state index contributed by atoms with van der Waals surface area (Å²) in [5.41, 5.74) is 4.39. The number of azo groups is 1. The van der Waals surface area contributed by atoms with Gasteiger partial charge in [0.05, 0.1) is 29.6 Å². The van der Waals surface area contributed by atoms with Crippen molar-refractivity contribution in [3.05, 3.63) is 78.4 Å². The average Bonchev–Trinajstić information content (AvgIpc) is 2.84. The van der Waals surface area contributed by atoms with Gasteiger partial charge in [-0.05, 0) is 72.0 Å². The van der Waals surface area contributed by atoms with Crippen LogP contribution in [0, 0.1) is 17.2 Å². The highest BCUT2D eigenvalue weighted by Gasteiger charge is 2.07. The van der Waals surface area contributed by atoms with Crippen molar-refractivity contribution >= 4 is 11.4 Å². The van der Waals surface area contributed by atoms with Crippen LogP contribution in [0.15, 0.2) is 83.0 Å².